The normalized spacial score (nSPS) is 40.1. The van der Waals surface area contributed by atoms with Crippen LogP contribution in [-0.2, 0) is 11.8 Å². The monoisotopic (exact) mass is 398 g/mol. The van der Waals surface area contributed by atoms with E-state index in [0.717, 1.165) is 56.8 Å². The Hall–Kier alpha value is -1.30. The van der Waals surface area contributed by atoms with Crippen molar-refractivity contribution in [2.24, 2.45) is 11.8 Å². The van der Waals surface area contributed by atoms with Gasteiger partial charge in [-0.3, -0.25) is 4.90 Å². The van der Waals surface area contributed by atoms with Gasteiger partial charge >= 0.3 is 0 Å². The highest BCUT2D eigenvalue weighted by Crippen LogP contribution is 2.65. The van der Waals surface area contributed by atoms with Crippen LogP contribution in [0.15, 0.2) is 12.1 Å². The highest BCUT2D eigenvalue weighted by molar-refractivity contribution is 5.62. The molecule has 5 heteroatoms. The Morgan fingerprint density at radius 3 is 2.83 bits per heavy atom. The maximum Gasteiger partial charge on any atom is 0.165 e. The Bertz CT molecular complexity index is 838. The third kappa shape index (κ3) is 2.38. The van der Waals surface area contributed by atoms with Gasteiger partial charge < -0.3 is 20.3 Å². The van der Waals surface area contributed by atoms with E-state index in [1.54, 1.807) is 6.07 Å². The molecule has 29 heavy (non-hydrogen) atoms. The Labute approximate surface area is 173 Å². The molecule has 1 aromatic carbocycles. The predicted molar refractivity (Wildman–Crippen MR) is 111 cm³/mol. The fourth-order valence-electron chi connectivity index (χ4n) is 7.08. The summed E-state index contributed by atoms with van der Waals surface area (Å²) in [5.74, 6) is 2.28. The number of phenolic OH excluding ortho intramolecular Hbond substituents is 1. The molecule has 0 aromatic heterocycles. The first kappa shape index (κ1) is 18.5. The number of nitrogens with one attached hydrogen (secondary N) is 1. The van der Waals surface area contributed by atoms with Crippen LogP contribution in [0.1, 0.15) is 57.1 Å². The van der Waals surface area contributed by atoms with Crippen molar-refractivity contribution in [3.8, 4) is 11.5 Å². The second-order valence-corrected chi connectivity index (χ2v) is 10.7. The molecule has 0 radical (unpaired) electrons. The molecule has 2 bridgehead atoms. The summed E-state index contributed by atoms with van der Waals surface area (Å²) in [6, 6.07) is 4.26. The average Bonchev–Trinajstić information content (AvgIpc) is 3.42. The molecule has 2 unspecified atom stereocenters. The summed E-state index contributed by atoms with van der Waals surface area (Å²) in [7, 11) is 0. The predicted octanol–water partition coefficient (Wildman–Crippen LogP) is 2.57. The molecule has 1 spiro atoms. The summed E-state index contributed by atoms with van der Waals surface area (Å²) in [6.45, 7) is 7.56. The molecule has 1 saturated heterocycles. The Balaban J connectivity index is 1.46. The minimum atomic E-state index is -0.771. The zero-order chi connectivity index (χ0) is 20.0. The number of rotatable bonds is 5. The van der Waals surface area contributed by atoms with Crippen molar-refractivity contribution in [2.75, 3.05) is 19.6 Å². The van der Waals surface area contributed by atoms with E-state index in [1.807, 2.05) is 0 Å². The average molecular weight is 399 g/mol. The van der Waals surface area contributed by atoms with Crippen LogP contribution in [0.2, 0.25) is 0 Å². The molecule has 3 fully saturated rings. The molecular weight excluding hydrogens is 364 g/mol. The minimum absolute atomic E-state index is 0.104. The van der Waals surface area contributed by atoms with Gasteiger partial charge in [0.1, 0.15) is 6.10 Å². The van der Waals surface area contributed by atoms with Gasteiger partial charge in [-0.05, 0) is 75.1 Å². The van der Waals surface area contributed by atoms with Crippen molar-refractivity contribution >= 4 is 0 Å². The topological polar surface area (TPSA) is 65.0 Å². The lowest BCUT2D eigenvalue weighted by Gasteiger charge is -2.64. The molecule has 6 rings (SSSR count). The number of aromatic hydroxyl groups is 1. The van der Waals surface area contributed by atoms with Crippen molar-refractivity contribution in [1.82, 2.24) is 10.2 Å². The summed E-state index contributed by atoms with van der Waals surface area (Å²) in [5, 5.41) is 26.8. The van der Waals surface area contributed by atoms with E-state index in [0.29, 0.717) is 11.7 Å². The largest absolute Gasteiger partial charge is 0.504 e. The smallest absolute Gasteiger partial charge is 0.165 e. The van der Waals surface area contributed by atoms with Crippen molar-refractivity contribution in [3.63, 3.8) is 0 Å². The van der Waals surface area contributed by atoms with Crippen molar-refractivity contribution in [3.05, 3.63) is 23.3 Å². The van der Waals surface area contributed by atoms with Gasteiger partial charge in [0.25, 0.3) is 0 Å². The molecule has 3 N–H and O–H groups in total. The minimum Gasteiger partial charge on any atom is -0.504 e. The molecule has 5 nitrogen and oxygen atoms in total. The summed E-state index contributed by atoms with van der Waals surface area (Å²) in [5.41, 5.74) is 1.24. The highest BCUT2D eigenvalue weighted by atomic mass is 16.5. The number of phenols is 1. The Morgan fingerprint density at radius 1 is 1.24 bits per heavy atom. The van der Waals surface area contributed by atoms with Crippen LogP contribution < -0.4 is 10.1 Å². The Morgan fingerprint density at radius 2 is 2.07 bits per heavy atom. The number of piperidine rings is 1. The van der Waals surface area contributed by atoms with Crippen LogP contribution >= 0.6 is 0 Å². The molecular formula is C24H34N2O3. The number of nitrogens with zero attached hydrogens (tertiary/aromatic N) is 1. The van der Waals surface area contributed by atoms with Gasteiger partial charge in [0.05, 0.1) is 11.0 Å². The van der Waals surface area contributed by atoms with Crippen LogP contribution in [0.5, 0.6) is 11.5 Å². The van der Waals surface area contributed by atoms with Crippen LogP contribution in [0.4, 0.5) is 0 Å². The van der Waals surface area contributed by atoms with Crippen LogP contribution in [-0.4, -0.2) is 58.5 Å². The van der Waals surface area contributed by atoms with Crippen LogP contribution in [0, 0.1) is 11.8 Å². The lowest BCUT2D eigenvalue weighted by atomic mass is 9.48. The molecule has 2 heterocycles. The fraction of sp³-hybridized carbons (Fsp3) is 0.750. The zero-order valence-corrected chi connectivity index (χ0v) is 17.7. The first-order valence-corrected chi connectivity index (χ1v) is 11.7. The maximum absolute atomic E-state index is 12.4. The molecule has 2 saturated carbocycles. The quantitative estimate of drug-likeness (QED) is 0.712. The summed E-state index contributed by atoms with van der Waals surface area (Å²) in [4.78, 5) is 2.59. The number of benzene rings is 1. The highest BCUT2D eigenvalue weighted by Gasteiger charge is 2.72. The first-order valence-electron chi connectivity index (χ1n) is 11.7. The van der Waals surface area contributed by atoms with Gasteiger partial charge in [-0.1, -0.05) is 19.9 Å². The van der Waals surface area contributed by atoms with E-state index in [4.69, 9.17) is 4.74 Å². The number of hydrogen-bond donors (Lipinski definition) is 3. The number of ether oxygens (including phenoxy) is 1. The Kier molecular flexibility index (Phi) is 3.89. The summed E-state index contributed by atoms with van der Waals surface area (Å²) in [6.07, 6.45) is 6.10. The first-order chi connectivity index (χ1) is 13.9. The number of aliphatic hydroxyl groups is 1. The molecule has 1 aromatic rings. The number of hydrogen-bond acceptors (Lipinski definition) is 5. The van der Waals surface area contributed by atoms with E-state index < -0.39 is 11.0 Å². The van der Waals surface area contributed by atoms with E-state index in [9.17, 15) is 10.2 Å². The summed E-state index contributed by atoms with van der Waals surface area (Å²) < 4.78 is 6.56. The van der Waals surface area contributed by atoms with Gasteiger partial charge in [-0.15, -0.1) is 0 Å². The lowest BCUT2D eigenvalue weighted by Crippen LogP contribution is -2.78. The molecule has 3 aliphatic carbocycles. The second-order valence-electron chi connectivity index (χ2n) is 10.7. The lowest BCUT2D eigenvalue weighted by molar-refractivity contribution is -0.191. The number of likely N-dealkylation sites (tertiary alicyclic amines) is 1. The van der Waals surface area contributed by atoms with Crippen LogP contribution in [0.3, 0.4) is 0 Å². The summed E-state index contributed by atoms with van der Waals surface area (Å²) >= 11 is 0. The molecule has 158 valence electrons. The standard InChI is InChI=1S/C24H34N2O3/c1-14(2)12-25-17-7-8-24(28)19-11-16-5-6-18(27)21-20(16)23(24,22(17)29-21)9-10-26(19)13-15-3-4-15/h5-6,14-15,17,19,22,25,27-28H,3-4,7-13H2,1-2H3/t17?,19-,22?,23+,24-/m1/s1. The van der Waals surface area contributed by atoms with Crippen LogP contribution in [0.25, 0.3) is 0 Å². The molecule has 0 amide bonds. The molecule has 5 atom stereocenters. The van der Waals surface area contributed by atoms with Gasteiger partial charge in [0, 0.05) is 24.2 Å². The third-order valence-electron chi connectivity index (χ3n) is 8.55. The van der Waals surface area contributed by atoms with Gasteiger partial charge in [0.15, 0.2) is 11.5 Å². The zero-order valence-electron chi connectivity index (χ0n) is 17.7. The maximum atomic E-state index is 12.4. The van der Waals surface area contributed by atoms with E-state index in [1.165, 1.54) is 18.4 Å². The van der Waals surface area contributed by atoms with Crippen molar-refractivity contribution in [2.45, 2.75) is 81.6 Å². The van der Waals surface area contributed by atoms with Crippen molar-refractivity contribution in [1.29, 1.82) is 0 Å². The van der Waals surface area contributed by atoms with Crippen molar-refractivity contribution < 1.29 is 14.9 Å². The third-order valence-corrected chi connectivity index (χ3v) is 8.55. The fourth-order valence-corrected chi connectivity index (χ4v) is 7.08. The second kappa shape index (κ2) is 6.12. The van der Waals surface area contributed by atoms with E-state index >= 15 is 0 Å². The van der Waals surface area contributed by atoms with Gasteiger partial charge in [0.2, 0.25) is 0 Å². The van der Waals surface area contributed by atoms with E-state index in [-0.39, 0.29) is 23.9 Å². The molecule has 2 aliphatic heterocycles. The molecule has 5 aliphatic rings. The van der Waals surface area contributed by atoms with Gasteiger partial charge in [-0.25, -0.2) is 0 Å². The van der Waals surface area contributed by atoms with Gasteiger partial charge in [-0.2, -0.15) is 0 Å². The SMILES string of the molecule is CC(C)CNC1CC[C@@]2(O)[C@H]3Cc4ccc(O)c5c4[C@@]2(CCN3CC2CC2)C1O5. The van der Waals surface area contributed by atoms with E-state index in [2.05, 4.69) is 30.1 Å².